The summed E-state index contributed by atoms with van der Waals surface area (Å²) in [5.74, 6) is 0. The van der Waals surface area contributed by atoms with Crippen LogP contribution in [-0.2, 0) is 4.74 Å². The highest BCUT2D eigenvalue weighted by molar-refractivity contribution is 6.05. The molecule has 0 spiro atoms. The molecule has 4 atom stereocenters. The number of fused-ring (bicyclic) bond motifs is 6. The van der Waals surface area contributed by atoms with Crippen molar-refractivity contribution in [2.24, 2.45) is 0 Å². The second-order valence-electron chi connectivity index (χ2n) is 5.78. The monoisotopic (exact) mass is 279 g/mol. The molecule has 1 fully saturated rings. The van der Waals surface area contributed by atoms with Crippen molar-refractivity contribution in [1.29, 1.82) is 0 Å². The van der Waals surface area contributed by atoms with E-state index in [1.807, 2.05) is 36.4 Å². The van der Waals surface area contributed by atoms with Gasteiger partial charge < -0.3 is 14.9 Å². The fourth-order valence-corrected chi connectivity index (χ4v) is 3.38. The molecule has 0 bridgehead atoms. The topological polar surface area (TPSA) is 65.9 Å². The Labute approximate surface area is 120 Å². The molecule has 0 amide bonds. The van der Waals surface area contributed by atoms with Crippen molar-refractivity contribution in [1.82, 2.24) is 4.98 Å². The third kappa shape index (κ3) is 1.47. The van der Waals surface area contributed by atoms with Crippen molar-refractivity contribution in [3.05, 3.63) is 53.7 Å². The van der Waals surface area contributed by atoms with Crippen LogP contribution in [0.25, 0.3) is 21.7 Å². The Balaban J connectivity index is 1.87. The van der Waals surface area contributed by atoms with Crippen LogP contribution in [0.15, 0.2) is 42.5 Å². The van der Waals surface area contributed by atoms with E-state index in [2.05, 4.69) is 11.1 Å². The molecule has 0 saturated carbocycles. The molecule has 2 heterocycles. The molecule has 21 heavy (non-hydrogen) atoms. The molecule has 1 saturated heterocycles. The van der Waals surface area contributed by atoms with Gasteiger partial charge in [0.05, 0.1) is 11.2 Å². The van der Waals surface area contributed by atoms with Crippen LogP contribution in [-0.4, -0.2) is 27.4 Å². The lowest BCUT2D eigenvalue weighted by Gasteiger charge is -2.22. The molecule has 1 aromatic heterocycles. The van der Waals surface area contributed by atoms with Gasteiger partial charge in [0, 0.05) is 16.3 Å². The smallest absolute Gasteiger partial charge is 0.125 e. The fourth-order valence-electron chi connectivity index (χ4n) is 3.38. The average molecular weight is 279 g/mol. The van der Waals surface area contributed by atoms with Crippen molar-refractivity contribution >= 4 is 21.7 Å². The summed E-state index contributed by atoms with van der Waals surface area (Å²) in [6.45, 7) is 0. The first-order valence-electron chi connectivity index (χ1n) is 7.08. The normalized spacial score (nSPS) is 30.2. The second kappa shape index (κ2) is 3.80. The minimum Gasteiger partial charge on any atom is -0.387 e. The van der Waals surface area contributed by atoms with Gasteiger partial charge in [-0.2, -0.15) is 0 Å². The number of nitrogens with zero attached hydrogens (tertiary/aromatic N) is 1. The van der Waals surface area contributed by atoms with Gasteiger partial charge in [-0.25, -0.2) is 4.98 Å². The first-order valence-corrected chi connectivity index (χ1v) is 7.08. The van der Waals surface area contributed by atoms with Gasteiger partial charge >= 0.3 is 0 Å². The highest BCUT2D eigenvalue weighted by Gasteiger charge is 2.54. The number of rotatable bonds is 0. The molecule has 104 valence electrons. The zero-order chi connectivity index (χ0) is 14.1. The van der Waals surface area contributed by atoms with Gasteiger partial charge in [-0.15, -0.1) is 0 Å². The number of aliphatic hydroxyl groups is 2. The Kier molecular flexibility index (Phi) is 2.10. The number of aliphatic hydroxyl groups excluding tert-OH is 2. The van der Waals surface area contributed by atoms with Crippen LogP contribution < -0.4 is 0 Å². The molecule has 1 aliphatic carbocycles. The van der Waals surface area contributed by atoms with Crippen molar-refractivity contribution in [2.45, 2.75) is 24.4 Å². The van der Waals surface area contributed by atoms with Gasteiger partial charge in [-0.1, -0.05) is 36.4 Å². The number of ether oxygens (including phenoxy) is 1. The van der Waals surface area contributed by atoms with Crippen LogP contribution in [0, 0.1) is 0 Å². The molecule has 0 unspecified atom stereocenters. The van der Waals surface area contributed by atoms with Crippen LogP contribution in [0.4, 0.5) is 0 Å². The number of pyridine rings is 1. The standard InChI is InChI=1S/C17H13NO3/c19-14-13-11(16-17(21-16)15(14)20)7-9-6-5-8-3-1-2-4-10(8)12(9)18-13/h1-7,14-17,19-20H/t14-,15+,16-,17+/m0/s1. The van der Waals surface area contributed by atoms with Gasteiger partial charge in [-0.05, 0) is 11.5 Å². The molecule has 3 aromatic rings. The van der Waals surface area contributed by atoms with Gasteiger partial charge in [-0.3, -0.25) is 0 Å². The minimum atomic E-state index is -0.980. The van der Waals surface area contributed by atoms with Gasteiger partial charge in [0.1, 0.15) is 24.4 Å². The van der Waals surface area contributed by atoms with Crippen LogP contribution in [0.2, 0.25) is 0 Å². The minimum absolute atomic E-state index is 0.123. The van der Waals surface area contributed by atoms with Crippen molar-refractivity contribution in [2.75, 3.05) is 0 Å². The molecular formula is C17H13NO3. The molecule has 4 nitrogen and oxygen atoms in total. The Morgan fingerprint density at radius 1 is 1.00 bits per heavy atom. The van der Waals surface area contributed by atoms with E-state index in [0.29, 0.717) is 5.69 Å². The lowest BCUT2D eigenvalue weighted by molar-refractivity contribution is -0.00224. The first kappa shape index (κ1) is 11.6. The second-order valence-corrected chi connectivity index (χ2v) is 5.78. The lowest BCUT2D eigenvalue weighted by atomic mass is 9.90. The molecule has 4 heteroatoms. The Morgan fingerprint density at radius 3 is 2.71 bits per heavy atom. The summed E-state index contributed by atoms with van der Waals surface area (Å²) in [7, 11) is 0. The predicted octanol–water partition coefficient (Wildman–Crippen LogP) is 2.24. The average Bonchev–Trinajstić information content (AvgIpc) is 3.32. The van der Waals surface area contributed by atoms with Gasteiger partial charge in [0.15, 0.2) is 0 Å². The fraction of sp³-hybridized carbons (Fsp3) is 0.235. The Hall–Kier alpha value is -2.01. The molecular weight excluding hydrogens is 266 g/mol. The van der Waals surface area contributed by atoms with E-state index >= 15 is 0 Å². The zero-order valence-electron chi connectivity index (χ0n) is 11.1. The van der Waals surface area contributed by atoms with Crippen LogP contribution in [0.3, 0.4) is 0 Å². The number of hydrogen-bond donors (Lipinski definition) is 2. The Bertz CT molecular complexity index is 892. The Morgan fingerprint density at radius 2 is 1.81 bits per heavy atom. The molecule has 2 N–H and O–H groups in total. The van der Waals surface area contributed by atoms with Gasteiger partial charge in [0.25, 0.3) is 0 Å². The quantitative estimate of drug-likeness (QED) is 0.489. The zero-order valence-corrected chi connectivity index (χ0v) is 11.1. The number of hydrogen-bond acceptors (Lipinski definition) is 4. The maximum Gasteiger partial charge on any atom is 0.125 e. The predicted molar refractivity (Wildman–Crippen MR) is 77.8 cm³/mol. The SMILES string of the molecule is O[C@H]1[C@H]2O[C@H]2c2cc3ccc4ccccc4c3nc2[C@@H]1O. The molecule has 5 rings (SSSR count). The summed E-state index contributed by atoms with van der Waals surface area (Å²) in [5, 5.41) is 23.5. The maximum absolute atomic E-state index is 10.3. The summed E-state index contributed by atoms with van der Waals surface area (Å²) >= 11 is 0. The van der Waals surface area contributed by atoms with Crippen LogP contribution in [0.1, 0.15) is 23.5 Å². The molecule has 0 radical (unpaired) electrons. The molecule has 1 aliphatic heterocycles. The van der Waals surface area contributed by atoms with E-state index in [9.17, 15) is 10.2 Å². The van der Waals surface area contributed by atoms with Gasteiger partial charge in [0.2, 0.25) is 0 Å². The molecule has 2 aliphatic rings. The third-order valence-electron chi connectivity index (χ3n) is 4.54. The summed E-state index contributed by atoms with van der Waals surface area (Å²) in [6, 6.07) is 14.2. The summed E-state index contributed by atoms with van der Waals surface area (Å²) in [6.07, 6.45) is -2.27. The summed E-state index contributed by atoms with van der Waals surface area (Å²) in [5.41, 5.74) is 2.31. The van der Waals surface area contributed by atoms with Crippen molar-refractivity contribution in [3.63, 3.8) is 0 Å². The lowest BCUT2D eigenvalue weighted by Crippen LogP contribution is -2.29. The largest absolute Gasteiger partial charge is 0.387 e. The highest BCUT2D eigenvalue weighted by Crippen LogP contribution is 2.50. The highest BCUT2D eigenvalue weighted by atomic mass is 16.6. The van der Waals surface area contributed by atoms with E-state index in [1.54, 1.807) is 0 Å². The van der Waals surface area contributed by atoms with Crippen LogP contribution >= 0.6 is 0 Å². The van der Waals surface area contributed by atoms with E-state index in [-0.39, 0.29) is 12.2 Å². The van der Waals surface area contributed by atoms with E-state index in [1.165, 1.54) is 0 Å². The first-order chi connectivity index (χ1) is 10.2. The van der Waals surface area contributed by atoms with E-state index in [0.717, 1.165) is 27.2 Å². The summed E-state index contributed by atoms with van der Waals surface area (Å²) < 4.78 is 5.47. The van der Waals surface area contributed by atoms with Crippen LogP contribution in [0.5, 0.6) is 0 Å². The number of aromatic nitrogens is 1. The van der Waals surface area contributed by atoms with Crippen molar-refractivity contribution < 1.29 is 14.9 Å². The number of benzene rings is 2. The third-order valence-corrected chi connectivity index (χ3v) is 4.54. The maximum atomic E-state index is 10.3. The van der Waals surface area contributed by atoms with E-state index < -0.39 is 12.2 Å². The summed E-state index contributed by atoms with van der Waals surface area (Å²) in [4.78, 5) is 4.66. The van der Waals surface area contributed by atoms with Crippen molar-refractivity contribution in [3.8, 4) is 0 Å². The van der Waals surface area contributed by atoms with E-state index in [4.69, 9.17) is 4.74 Å². The number of epoxide rings is 1. The molecule has 2 aromatic carbocycles.